The summed E-state index contributed by atoms with van der Waals surface area (Å²) in [6.07, 6.45) is 3.03. The van der Waals surface area contributed by atoms with Crippen LogP contribution in [-0.2, 0) is 6.54 Å². The molecule has 1 N–H and O–H groups in total. The Balaban J connectivity index is 2.11. The molecule has 0 radical (unpaired) electrons. The van der Waals surface area contributed by atoms with Crippen LogP contribution in [0.1, 0.15) is 33.3 Å². The lowest BCUT2D eigenvalue weighted by molar-refractivity contribution is 0.0782. The molecule has 0 saturated carbocycles. The maximum atomic E-state index is 13.3. The first kappa shape index (κ1) is 15.4. The molecule has 2 atom stereocenters. The van der Waals surface area contributed by atoms with Gasteiger partial charge in [-0.1, -0.05) is 27.7 Å². The van der Waals surface area contributed by atoms with E-state index < -0.39 is 0 Å². The van der Waals surface area contributed by atoms with Crippen LogP contribution in [0.3, 0.4) is 0 Å². The number of piperazine rings is 1. The van der Waals surface area contributed by atoms with Crippen LogP contribution in [-0.4, -0.2) is 35.1 Å². The molecule has 20 heavy (non-hydrogen) atoms. The van der Waals surface area contributed by atoms with E-state index in [9.17, 15) is 4.39 Å². The Labute approximate surface area is 121 Å². The van der Waals surface area contributed by atoms with E-state index in [1.807, 2.05) is 0 Å². The van der Waals surface area contributed by atoms with Crippen molar-refractivity contribution in [3.05, 3.63) is 29.8 Å². The minimum absolute atomic E-state index is 0.251. The summed E-state index contributed by atoms with van der Waals surface area (Å²) in [6.45, 7) is 11.8. The lowest BCUT2D eigenvalue weighted by atomic mass is 9.94. The minimum atomic E-state index is -0.251. The third-order valence-electron chi connectivity index (χ3n) is 4.21. The number of pyridine rings is 1. The molecule has 2 heterocycles. The highest BCUT2D eigenvalue weighted by Gasteiger charge is 2.30. The normalized spacial score (nSPS) is 24.6. The van der Waals surface area contributed by atoms with Gasteiger partial charge in [-0.25, -0.2) is 4.39 Å². The minimum Gasteiger partial charge on any atom is -0.311 e. The van der Waals surface area contributed by atoms with Gasteiger partial charge in [0, 0.05) is 37.9 Å². The summed E-state index contributed by atoms with van der Waals surface area (Å²) in [6, 6.07) is 2.59. The molecule has 1 fully saturated rings. The highest BCUT2D eigenvalue weighted by atomic mass is 19.1. The lowest BCUT2D eigenvalue weighted by Crippen LogP contribution is -2.59. The molecule has 0 spiro atoms. The molecule has 112 valence electrons. The van der Waals surface area contributed by atoms with Crippen LogP contribution in [0.25, 0.3) is 0 Å². The Bertz CT molecular complexity index is 433. The molecule has 0 aliphatic carbocycles. The Morgan fingerprint density at radius 2 is 2.05 bits per heavy atom. The van der Waals surface area contributed by atoms with Gasteiger partial charge in [0.1, 0.15) is 5.82 Å². The average Bonchev–Trinajstić information content (AvgIpc) is 2.38. The Hall–Kier alpha value is -1.00. The first-order valence-corrected chi connectivity index (χ1v) is 7.54. The van der Waals surface area contributed by atoms with E-state index in [1.54, 1.807) is 12.3 Å². The lowest BCUT2D eigenvalue weighted by Gasteiger charge is -2.43. The first-order chi connectivity index (χ1) is 9.47. The van der Waals surface area contributed by atoms with Gasteiger partial charge in [-0.05, 0) is 23.5 Å². The van der Waals surface area contributed by atoms with E-state index in [0.29, 0.717) is 23.9 Å². The van der Waals surface area contributed by atoms with Crippen molar-refractivity contribution in [2.24, 2.45) is 11.8 Å². The van der Waals surface area contributed by atoms with Crippen molar-refractivity contribution in [2.75, 3.05) is 13.1 Å². The van der Waals surface area contributed by atoms with Crippen LogP contribution in [0.2, 0.25) is 0 Å². The van der Waals surface area contributed by atoms with E-state index in [2.05, 4.69) is 42.9 Å². The fraction of sp³-hybridized carbons (Fsp3) is 0.688. The van der Waals surface area contributed by atoms with Gasteiger partial charge in [-0.3, -0.25) is 9.88 Å². The second-order valence-electron chi connectivity index (χ2n) is 6.51. The van der Waals surface area contributed by atoms with Crippen molar-refractivity contribution in [3.8, 4) is 0 Å². The molecule has 2 rings (SSSR count). The van der Waals surface area contributed by atoms with Crippen molar-refractivity contribution < 1.29 is 4.39 Å². The third-order valence-corrected chi connectivity index (χ3v) is 4.21. The van der Waals surface area contributed by atoms with E-state index in [-0.39, 0.29) is 5.82 Å². The Morgan fingerprint density at radius 1 is 1.30 bits per heavy atom. The second-order valence-corrected chi connectivity index (χ2v) is 6.51. The molecule has 1 aliphatic heterocycles. The zero-order valence-corrected chi connectivity index (χ0v) is 12.9. The zero-order chi connectivity index (χ0) is 14.7. The Morgan fingerprint density at radius 3 is 2.65 bits per heavy atom. The molecular formula is C16H26FN3. The summed E-state index contributed by atoms with van der Waals surface area (Å²) < 4.78 is 13.3. The maximum Gasteiger partial charge on any atom is 0.141 e. The quantitative estimate of drug-likeness (QED) is 0.918. The van der Waals surface area contributed by atoms with Crippen LogP contribution in [0, 0.1) is 17.7 Å². The summed E-state index contributed by atoms with van der Waals surface area (Å²) in [5.74, 6) is 0.938. The monoisotopic (exact) mass is 279 g/mol. The summed E-state index contributed by atoms with van der Waals surface area (Å²) in [4.78, 5) is 6.43. The summed E-state index contributed by atoms with van der Waals surface area (Å²) in [7, 11) is 0. The topological polar surface area (TPSA) is 28.2 Å². The fourth-order valence-corrected chi connectivity index (χ4v) is 2.92. The van der Waals surface area contributed by atoms with Gasteiger partial charge in [0.15, 0.2) is 0 Å². The summed E-state index contributed by atoms with van der Waals surface area (Å²) in [5.41, 5.74) is 0.958. The van der Waals surface area contributed by atoms with Gasteiger partial charge in [-0.15, -0.1) is 0 Å². The van der Waals surface area contributed by atoms with Gasteiger partial charge in [0.05, 0.1) is 6.20 Å². The smallest absolute Gasteiger partial charge is 0.141 e. The second kappa shape index (κ2) is 6.64. The highest BCUT2D eigenvalue weighted by molar-refractivity contribution is 5.10. The van der Waals surface area contributed by atoms with E-state index in [0.717, 1.165) is 25.2 Å². The molecule has 1 saturated heterocycles. The number of aromatic nitrogens is 1. The van der Waals surface area contributed by atoms with Gasteiger partial charge in [0.2, 0.25) is 0 Å². The van der Waals surface area contributed by atoms with Crippen molar-refractivity contribution in [1.29, 1.82) is 0 Å². The maximum absolute atomic E-state index is 13.3. The number of rotatable bonds is 4. The third kappa shape index (κ3) is 3.76. The SMILES string of the molecule is CC(C)C1CN(Cc2cncc(F)c2)C(C(C)C)CN1. The van der Waals surface area contributed by atoms with Crippen molar-refractivity contribution in [3.63, 3.8) is 0 Å². The average molecular weight is 279 g/mol. The first-order valence-electron chi connectivity index (χ1n) is 7.54. The predicted octanol–water partition coefficient (Wildman–Crippen LogP) is 2.68. The molecule has 0 amide bonds. The zero-order valence-electron chi connectivity index (χ0n) is 12.9. The van der Waals surface area contributed by atoms with E-state index >= 15 is 0 Å². The van der Waals surface area contributed by atoms with Crippen LogP contribution in [0.5, 0.6) is 0 Å². The molecular weight excluding hydrogens is 253 g/mol. The Kier molecular flexibility index (Phi) is 5.11. The number of nitrogens with zero attached hydrogens (tertiary/aromatic N) is 2. The molecule has 2 unspecified atom stereocenters. The van der Waals surface area contributed by atoms with E-state index in [4.69, 9.17) is 0 Å². The summed E-state index contributed by atoms with van der Waals surface area (Å²) >= 11 is 0. The van der Waals surface area contributed by atoms with Gasteiger partial charge < -0.3 is 5.32 Å². The molecule has 3 nitrogen and oxygen atoms in total. The molecule has 0 bridgehead atoms. The van der Waals surface area contributed by atoms with Crippen molar-refractivity contribution >= 4 is 0 Å². The molecule has 0 aromatic carbocycles. The molecule has 1 aromatic heterocycles. The van der Waals surface area contributed by atoms with Gasteiger partial charge >= 0.3 is 0 Å². The summed E-state index contributed by atoms with van der Waals surface area (Å²) in [5, 5.41) is 3.65. The van der Waals surface area contributed by atoms with E-state index in [1.165, 1.54) is 6.20 Å². The molecule has 4 heteroatoms. The standard InChI is InChI=1S/C16H26FN3/c1-11(2)15-10-20(16(8-19-15)12(3)4)9-13-5-14(17)7-18-6-13/h5-7,11-12,15-16,19H,8-10H2,1-4H3. The van der Waals surface area contributed by atoms with Crippen LogP contribution in [0.4, 0.5) is 4.39 Å². The predicted molar refractivity (Wildman–Crippen MR) is 79.9 cm³/mol. The largest absolute Gasteiger partial charge is 0.311 e. The number of nitrogens with one attached hydrogen (secondary N) is 1. The number of halogens is 1. The molecule has 1 aliphatic rings. The van der Waals surface area contributed by atoms with Gasteiger partial charge in [0.25, 0.3) is 0 Å². The van der Waals surface area contributed by atoms with Gasteiger partial charge in [-0.2, -0.15) is 0 Å². The fourth-order valence-electron chi connectivity index (χ4n) is 2.92. The van der Waals surface area contributed by atoms with Crippen molar-refractivity contribution in [2.45, 2.75) is 46.3 Å². The van der Waals surface area contributed by atoms with Crippen LogP contribution < -0.4 is 5.32 Å². The van der Waals surface area contributed by atoms with Crippen LogP contribution in [0.15, 0.2) is 18.5 Å². The van der Waals surface area contributed by atoms with Crippen LogP contribution >= 0.6 is 0 Å². The van der Waals surface area contributed by atoms with Crippen molar-refractivity contribution in [1.82, 2.24) is 15.2 Å². The number of hydrogen-bond acceptors (Lipinski definition) is 3. The molecule has 1 aromatic rings. The number of hydrogen-bond donors (Lipinski definition) is 1. The highest BCUT2D eigenvalue weighted by Crippen LogP contribution is 2.20.